The number of benzene rings is 1. The van der Waals surface area contributed by atoms with E-state index in [2.05, 4.69) is 5.32 Å². The van der Waals surface area contributed by atoms with E-state index >= 15 is 0 Å². The van der Waals surface area contributed by atoms with Gasteiger partial charge in [0, 0.05) is 5.56 Å². The van der Waals surface area contributed by atoms with Crippen LogP contribution in [0.3, 0.4) is 0 Å². The highest BCUT2D eigenvalue weighted by Gasteiger charge is 2.48. The van der Waals surface area contributed by atoms with Gasteiger partial charge in [-0.05, 0) is 6.92 Å². The molecule has 0 spiro atoms. The monoisotopic (exact) mass is 219 g/mol. The highest BCUT2D eigenvalue weighted by molar-refractivity contribution is 6.06. The average molecular weight is 219 g/mol. The van der Waals surface area contributed by atoms with E-state index in [4.69, 9.17) is 4.74 Å². The zero-order valence-electron chi connectivity index (χ0n) is 8.97. The molecule has 0 aromatic heterocycles. The summed E-state index contributed by atoms with van der Waals surface area (Å²) in [5.41, 5.74) is 0.617. The Bertz CT molecular complexity index is 402. The number of Topliss-reactive ketones (excluding diaryl/α,β-unsaturated/α-hetero) is 1. The van der Waals surface area contributed by atoms with Crippen molar-refractivity contribution in [3.05, 3.63) is 35.9 Å². The van der Waals surface area contributed by atoms with Gasteiger partial charge in [0.15, 0.2) is 5.78 Å². The number of carbonyl (C=O) groups is 2. The standard InChI is InChI=1S/C12H13NO3/c1-2-16-12(15)10-9(13-10)11(14)8-6-4-3-5-7-8/h3-7,9-10,13H,2H2,1H3/t9-,10+/m0/s1. The number of ketones is 1. The quantitative estimate of drug-likeness (QED) is 0.461. The SMILES string of the molecule is CCOC(=O)[C@@H]1N[C@@H]1C(=O)c1ccccc1. The fourth-order valence-corrected chi connectivity index (χ4v) is 1.58. The molecule has 0 saturated carbocycles. The van der Waals surface area contributed by atoms with Crippen LogP contribution in [0.1, 0.15) is 17.3 Å². The molecule has 1 aliphatic rings. The Hall–Kier alpha value is -1.68. The molecule has 4 heteroatoms. The van der Waals surface area contributed by atoms with Gasteiger partial charge in [0.25, 0.3) is 0 Å². The van der Waals surface area contributed by atoms with Gasteiger partial charge in [-0.25, -0.2) is 0 Å². The van der Waals surface area contributed by atoms with E-state index in [1.54, 1.807) is 31.2 Å². The molecule has 1 saturated heterocycles. The van der Waals surface area contributed by atoms with Gasteiger partial charge in [-0.1, -0.05) is 30.3 Å². The van der Waals surface area contributed by atoms with Crippen molar-refractivity contribution in [2.45, 2.75) is 19.0 Å². The van der Waals surface area contributed by atoms with Gasteiger partial charge in [-0.2, -0.15) is 0 Å². The molecule has 0 radical (unpaired) electrons. The minimum Gasteiger partial charge on any atom is -0.465 e. The molecule has 16 heavy (non-hydrogen) atoms. The lowest BCUT2D eigenvalue weighted by Gasteiger charge is -1.99. The molecule has 2 atom stereocenters. The zero-order chi connectivity index (χ0) is 11.5. The molecule has 0 unspecified atom stereocenters. The number of nitrogens with one attached hydrogen (secondary N) is 1. The van der Waals surface area contributed by atoms with Crippen molar-refractivity contribution in [2.75, 3.05) is 6.61 Å². The first-order chi connectivity index (χ1) is 7.74. The summed E-state index contributed by atoms with van der Waals surface area (Å²) in [6, 6.07) is 8.05. The summed E-state index contributed by atoms with van der Waals surface area (Å²) in [7, 11) is 0. The number of esters is 1. The van der Waals surface area contributed by atoms with Crippen molar-refractivity contribution in [2.24, 2.45) is 0 Å². The first-order valence-corrected chi connectivity index (χ1v) is 5.26. The van der Waals surface area contributed by atoms with E-state index < -0.39 is 12.1 Å². The van der Waals surface area contributed by atoms with Crippen molar-refractivity contribution >= 4 is 11.8 Å². The fourth-order valence-electron chi connectivity index (χ4n) is 1.58. The summed E-state index contributed by atoms with van der Waals surface area (Å²) in [6.07, 6.45) is 0. The van der Waals surface area contributed by atoms with Crippen LogP contribution < -0.4 is 5.32 Å². The lowest BCUT2D eigenvalue weighted by Crippen LogP contribution is -2.18. The predicted molar refractivity (Wildman–Crippen MR) is 58.1 cm³/mol. The van der Waals surface area contributed by atoms with Crippen molar-refractivity contribution in [3.63, 3.8) is 0 Å². The van der Waals surface area contributed by atoms with Crippen LogP contribution in [0, 0.1) is 0 Å². The topological polar surface area (TPSA) is 65.3 Å². The van der Waals surface area contributed by atoms with E-state index in [1.807, 2.05) is 6.07 Å². The first-order valence-electron chi connectivity index (χ1n) is 5.26. The van der Waals surface area contributed by atoms with Crippen molar-refractivity contribution in [3.8, 4) is 0 Å². The molecule has 0 bridgehead atoms. The minimum absolute atomic E-state index is 0.0568. The second kappa shape index (κ2) is 4.45. The van der Waals surface area contributed by atoms with Crippen LogP contribution in [-0.4, -0.2) is 30.4 Å². The lowest BCUT2D eigenvalue weighted by atomic mass is 10.1. The van der Waals surface area contributed by atoms with Crippen molar-refractivity contribution in [1.82, 2.24) is 5.32 Å². The summed E-state index contributed by atoms with van der Waals surface area (Å²) in [4.78, 5) is 23.2. The van der Waals surface area contributed by atoms with E-state index in [1.165, 1.54) is 0 Å². The second-order valence-electron chi connectivity index (χ2n) is 3.60. The van der Waals surface area contributed by atoms with E-state index in [9.17, 15) is 9.59 Å². The molecule has 1 fully saturated rings. The van der Waals surface area contributed by atoms with Crippen LogP contribution in [0.2, 0.25) is 0 Å². The maximum absolute atomic E-state index is 11.9. The van der Waals surface area contributed by atoms with Crippen LogP contribution in [0.5, 0.6) is 0 Å². The van der Waals surface area contributed by atoms with Crippen LogP contribution in [0.15, 0.2) is 30.3 Å². The Morgan fingerprint density at radius 2 is 1.94 bits per heavy atom. The molecule has 84 valence electrons. The number of ether oxygens (including phenoxy) is 1. The maximum Gasteiger partial charge on any atom is 0.325 e. The van der Waals surface area contributed by atoms with Gasteiger partial charge in [0.05, 0.1) is 12.6 Å². The fraction of sp³-hybridized carbons (Fsp3) is 0.333. The molecule has 1 aromatic rings. The molecule has 0 amide bonds. The third-order valence-corrected chi connectivity index (χ3v) is 2.46. The van der Waals surface area contributed by atoms with Gasteiger partial charge < -0.3 is 4.74 Å². The van der Waals surface area contributed by atoms with Gasteiger partial charge in [0.1, 0.15) is 6.04 Å². The summed E-state index contributed by atoms with van der Waals surface area (Å²) in [5, 5.41) is 2.83. The Morgan fingerprint density at radius 3 is 2.56 bits per heavy atom. The first kappa shape index (κ1) is 10.8. The minimum atomic E-state index is -0.465. The Balaban J connectivity index is 1.97. The Labute approximate surface area is 93.6 Å². The number of hydrogen-bond donors (Lipinski definition) is 1. The average Bonchev–Trinajstić information content (AvgIpc) is 3.09. The molecular formula is C12H13NO3. The van der Waals surface area contributed by atoms with Gasteiger partial charge >= 0.3 is 5.97 Å². The normalized spacial score (nSPS) is 22.6. The lowest BCUT2D eigenvalue weighted by molar-refractivity contribution is -0.142. The number of rotatable bonds is 4. The van der Waals surface area contributed by atoms with E-state index in [0.717, 1.165) is 0 Å². The summed E-state index contributed by atoms with van der Waals surface area (Å²) >= 11 is 0. The molecule has 1 N–H and O–H groups in total. The largest absolute Gasteiger partial charge is 0.465 e. The molecule has 1 aliphatic heterocycles. The smallest absolute Gasteiger partial charge is 0.325 e. The van der Waals surface area contributed by atoms with Crippen molar-refractivity contribution in [1.29, 1.82) is 0 Å². The highest BCUT2D eigenvalue weighted by Crippen LogP contribution is 2.18. The molecular weight excluding hydrogens is 206 g/mol. The van der Waals surface area contributed by atoms with Crippen LogP contribution in [0.4, 0.5) is 0 Å². The highest BCUT2D eigenvalue weighted by atomic mass is 16.5. The van der Waals surface area contributed by atoms with Crippen molar-refractivity contribution < 1.29 is 14.3 Å². The third kappa shape index (κ3) is 2.12. The van der Waals surface area contributed by atoms with Crippen LogP contribution in [-0.2, 0) is 9.53 Å². The predicted octanol–water partition coefficient (Wildman–Crippen LogP) is 0.773. The van der Waals surface area contributed by atoms with Gasteiger partial charge in [-0.3, -0.25) is 14.9 Å². The summed E-state index contributed by atoms with van der Waals surface area (Å²) < 4.78 is 4.83. The van der Waals surface area contributed by atoms with E-state index in [-0.39, 0.29) is 11.8 Å². The molecule has 1 heterocycles. The molecule has 0 aliphatic carbocycles. The summed E-state index contributed by atoms with van der Waals surface area (Å²) in [6.45, 7) is 2.08. The molecule has 2 rings (SSSR count). The Morgan fingerprint density at radius 1 is 1.25 bits per heavy atom. The summed E-state index contributed by atoms with van der Waals surface area (Å²) in [5.74, 6) is -0.407. The van der Waals surface area contributed by atoms with E-state index in [0.29, 0.717) is 12.2 Å². The molecule has 1 aromatic carbocycles. The zero-order valence-corrected chi connectivity index (χ0v) is 8.97. The molecule has 4 nitrogen and oxygen atoms in total. The Kier molecular flexibility index (Phi) is 3.01. The van der Waals surface area contributed by atoms with Gasteiger partial charge in [-0.15, -0.1) is 0 Å². The van der Waals surface area contributed by atoms with Crippen LogP contribution in [0.25, 0.3) is 0 Å². The van der Waals surface area contributed by atoms with Crippen LogP contribution >= 0.6 is 0 Å². The maximum atomic E-state index is 11.9. The van der Waals surface area contributed by atoms with Gasteiger partial charge in [0.2, 0.25) is 0 Å². The second-order valence-corrected chi connectivity index (χ2v) is 3.60. The number of carbonyl (C=O) groups excluding carboxylic acids is 2. The third-order valence-electron chi connectivity index (χ3n) is 2.46. The number of hydrogen-bond acceptors (Lipinski definition) is 4.